The number of pyridine rings is 1. The van der Waals surface area contributed by atoms with Gasteiger partial charge in [-0.3, -0.25) is 4.98 Å². The van der Waals surface area contributed by atoms with Crippen LogP contribution in [0.4, 0.5) is 0 Å². The normalized spacial score (nSPS) is 10.2. The van der Waals surface area contributed by atoms with Crippen LogP contribution in [0.25, 0.3) is 0 Å². The lowest BCUT2D eigenvalue weighted by atomic mass is 10.3. The first-order valence-electron chi connectivity index (χ1n) is 3.78. The van der Waals surface area contributed by atoms with Gasteiger partial charge in [-0.25, -0.2) is 0 Å². The van der Waals surface area contributed by atoms with Crippen LogP contribution in [0.1, 0.15) is 19.5 Å². The fourth-order valence-corrected chi connectivity index (χ4v) is 0.796. The number of hydrogen-bond acceptors (Lipinski definition) is 2. The fourth-order valence-electron chi connectivity index (χ4n) is 0.796. The van der Waals surface area contributed by atoms with Crippen LogP contribution in [-0.2, 0) is 0 Å². The van der Waals surface area contributed by atoms with Gasteiger partial charge in [0.2, 0.25) is 0 Å². The van der Waals surface area contributed by atoms with Crippen LogP contribution in [0.2, 0.25) is 0 Å². The lowest BCUT2D eigenvalue weighted by Crippen LogP contribution is -2.05. The van der Waals surface area contributed by atoms with Crippen molar-refractivity contribution in [1.82, 2.24) is 4.98 Å². The summed E-state index contributed by atoms with van der Waals surface area (Å²) in [7, 11) is 0. The molecular formula is C9H13NO. The molecule has 0 aliphatic rings. The minimum Gasteiger partial charge on any atom is -0.489 e. The largest absolute Gasteiger partial charge is 0.489 e. The zero-order chi connectivity index (χ0) is 8.27. The van der Waals surface area contributed by atoms with Crippen LogP contribution in [-0.4, -0.2) is 11.1 Å². The molecule has 0 spiro atoms. The van der Waals surface area contributed by atoms with E-state index in [-0.39, 0.29) is 6.10 Å². The van der Waals surface area contributed by atoms with Crippen LogP contribution < -0.4 is 4.74 Å². The highest BCUT2D eigenvalue weighted by atomic mass is 16.5. The van der Waals surface area contributed by atoms with E-state index in [0.29, 0.717) is 0 Å². The van der Waals surface area contributed by atoms with Crippen molar-refractivity contribution in [2.45, 2.75) is 26.9 Å². The van der Waals surface area contributed by atoms with Gasteiger partial charge < -0.3 is 4.74 Å². The molecule has 60 valence electrons. The topological polar surface area (TPSA) is 22.1 Å². The van der Waals surface area contributed by atoms with Gasteiger partial charge in [-0.2, -0.15) is 0 Å². The summed E-state index contributed by atoms with van der Waals surface area (Å²) in [5, 5.41) is 0. The predicted octanol–water partition coefficient (Wildman–Crippen LogP) is 2.18. The van der Waals surface area contributed by atoms with Gasteiger partial charge in [-0.1, -0.05) is 0 Å². The Hall–Kier alpha value is -1.05. The Labute approximate surface area is 67.2 Å². The second kappa shape index (κ2) is 3.37. The van der Waals surface area contributed by atoms with E-state index in [1.807, 2.05) is 32.9 Å². The van der Waals surface area contributed by atoms with Crippen molar-refractivity contribution in [1.29, 1.82) is 0 Å². The zero-order valence-corrected chi connectivity index (χ0v) is 7.16. The van der Waals surface area contributed by atoms with Gasteiger partial charge in [-0.05, 0) is 32.9 Å². The summed E-state index contributed by atoms with van der Waals surface area (Å²) in [6.45, 7) is 5.96. The van der Waals surface area contributed by atoms with Crippen LogP contribution in [0.5, 0.6) is 5.75 Å². The maximum atomic E-state index is 5.41. The number of aromatic nitrogens is 1. The Morgan fingerprint density at radius 1 is 1.36 bits per heavy atom. The Morgan fingerprint density at radius 2 is 2.09 bits per heavy atom. The maximum absolute atomic E-state index is 5.41. The lowest BCUT2D eigenvalue weighted by molar-refractivity contribution is 0.241. The monoisotopic (exact) mass is 151 g/mol. The van der Waals surface area contributed by atoms with Crippen LogP contribution in [0, 0.1) is 6.92 Å². The molecule has 1 heterocycles. The van der Waals surface area contributed by atoms with E-state index in [0.717, 1.165) is 11.4 Å². The van der Waals surface area contributed by atoms with Gasteiger partial charge in [0.15, 0.2) is 0 Å². The number of hydrogen-bond donors (Lipinski definition) is 0. The van der Waals surface area contributed by atoms with E-state index in [2.05, 4.69) is 4.98 Å². The molecule has 0 atom stereocenters. The Bertz CT molecular complexity index is 216. The molecule has 0 aliphatic carbocycles. The molecule has 1 rings (SSSR count). The number of nitrogens with zero attached hydrogens (tertiary/aromatic N) is 1. The van der Waals surface area contributed by atoms with Gasteiger partial charge in [0.05, 0.1) is 12.3 Å². The molecule has 11 heavy (non-hydrogen) atoms. The van der Waals surface area contributed by atoms with E-state index in [9.17, 15) is 0 Å². The third-order valence-corrected chi connectivity index (χ3v) is 1.26. The van der Waals surface area contributed by atoms with Crippen LogP contribution in [0.3, 0.4) is 0 Å². The van der Waals surface area contributed by atoms with Crippen molar-refractivity contribution >= 4 is 0 Å². The summed E-state index contributed by atoms with van der Waals surface area (Å²) in [5.74, 6) is 0.839. The standard InChI is InChI=1S/C9H13NO/c1-7(2)11-9-5-4-8(3)10-6-9/h4-7H,1-3H3. The molecule has 0 aliphatic heterocycles. The third kappa shape index (κ3) is 2.58. The molecule has 0 unspecified atom stereocenters. The average Bonchev–Trinajstić information content (AvgIpc) is 1.93. The first-order valence-corrected chi connectivity index (χ1v) is 3.78. The predicted molar refractivity (Wildman–Crippen MR) is 44.7 cm³/mol. The molecule has 0 amide bonds. The van der Waals surface area contributed by atoms with Gasteiger partial charge in [0, 0.05) is 5.69 Å². The Kier molecular flexibility index (Phi) is 2.47. The maximum Gasteiger partial charge on any atom is 0.137 e. The number of rotatable bonds is 2. The summed E-state index contributed by atoms with van der Waals surface area (Å²) in [5.41, 5.74) is 1.01. The molecule has 2 heteroatoms. The second-order valence-electron chi connectivity index (χ2n) is 2.80. The van der Waals surface area contributed by atoms with E-state index in [4.69, 9.17) is 4.74 Å². The quantitative estimate of drug-likeness (QED) is 0.646. The Balaban J connectivity index is 2.66. The molecule has 0 bridgehead atoms. The van der Waals surface area contributed by atoms with Gasteiger partial charge >= 0.3 is 0 Å². The van der Waals surface area contributed by atoms with E-state index >= 15 is 0 Å². The smallest absolute Gasteiger partial charge is 0.137 e. The molecule has 0 saturated heterocycles. The fraction of sp³-hybridized carbons (Fsp3) is 0.444. The van der Waals surface area contributed by atoms with E-state index < -0.39 is 0 Å². The first-order chi connectivity index (χ1) is 5.18. The molecule has 1 aromatic rings. The molecule has 0 saturated carbocycles. The SMILES string of the molecule is Cc1ccc(OC(C)C)cn1. The molecule has 0 N–H and O–H groups in total. The third-order valence-electron chi connectivity index (χ3n) is 1.26. The van der Waals surface area contributed by atoms with E-state index in [1.54, 1.807) is 6.20 Å². The van der Waals surface area contributed by atoms with Crippen molar-refractivity contribution < 1.29 is 4.74 Å². The molecule has 0 aromatic carbocycles. The summed E-state index contributed by atoms with van der Waals surface area (Å²) >= 11 is 0. The molecule has 0 radical (unpaired) electrons. The summed E-state index contributed by atoms with van der Waals surface area (Å²) in [6, 6.07) is 3.88. The van der Waals surface area contributed by atoms with Crippen LogP contribution >= 0.6 is 0 Å². The first kappa shape index (κ1) is 8.05. The number of ether oxygens (including phenoxy) is 1. The highest BCUT2D eigenvalue weighted by molar-refractivity contribution is 5.19. The number of aryl methyl sites for hydroxylation is 1. The van der Waals surface area contributed by atoms with Crippen molar-refractivity contribution in [2.75, 3.05) is 0 Å². The van der Waals surface area contributed by atoms with Gasteiger partial charge in [-0.15, -0.1) is 0 Å². The second-order valence-corrected chi connectivity index (χ2v) is 2.80. The highest BCUT2D eigenvalue weighted by Gasteiger charge is 1.95. The lowest BCUT2D eigenvalue weighted by Gasteiger charge is -2.08. The Morgan fingerprint density at radius 3 is 2.55 bits per heavy atom. The summed E-state index contributed by atoms with van der Waals surface area (Å²) in [4.78, 5) is 4.11. The average molecular weight is 151 g/mol. The highest BCUT2D eigenvalue weighted by Crippen LogP contribution is 2.09. The molecular weight excluding hydrogens is 138 g/mol. The minimum absolute atomic E-state index is 0.222. The van der Waals surface area contributed by atoms with Gasteiger partial charge in [0.25, 0.3) is 0 Å². The van der Waals surface area contributed by atoms with Crippen molar-refractivity contribution in [2.24, 2.45) is 0 Å². The van der Waals surface area contributed by atoms with E-state index in [1.165, 1.54) is 0 Å². The zero-order valence-electron chi connectivity index (χ0n) is 7.16. The van der Waals surface area contributed by atoms with Crippen molar-refractivity contribution in [3.05, 3.63) is 24.0 Å². The molecule has 1 aromatic heterocycles. The van der Waals surface area contributed by atoms with Crippen molar-refractivity contribution in [3.8, 4) is 5.75 Å². The minimum atomic E-state index is 0.222. The van der Waals surface area contributed by atoms with Crippen molar-refractivity contribution in [3.63, 3.8) is 0 Å². The van der Waals surface area contributed by atoms with Crippen LogP contribution in [0.15, 0.2) is 18.3 Å². The molecule has 0 fully saturated rings. The summed E-state index contributed by atoms with van der Waals surface area (Å²) < 4.78 is 5.41. The summed E-state index contributed by atoms with van der Waals surface area (Å²) in [6.07, 6.45) is 1.97. The molecule has 2 nitrogen and oxygen atoms in total. The van der Waals surface area contributed by atoms with Gasteiger partial charge in [0.1, 0.15) is 5.75 Å².